The number of hydrogen-bond donors (Lipinski definition) is 1. The van der Waals surface area contributed by atoms with Crippen molar-refractivity contribution in [3.8, 4) is 0 Å². The van der Waals surface area contributed by atoms with E-state index in [2.05, 4.69) is 27.2 Å². The fraction of sp³-hybridized carbons (Fsp3) is 0.452. The Morgan fingerprint density at radius 1 is 1.20 bits per heavy atom. The molecule has 3 aromatic rings. The molecule has 2 aromatic heterocycles. The van der Waals surface area contributed by atoms with Crippen molar-refractivity contribution < 1.29 is 27.5 Å². The summed E-state index contributed by atoms with van der Waals surface area (Å²) in [7, 11) is 0. The highest BCUT2D eigenvalue weighted by Crippen LogP contribution is 2.33. The molecule has 0 bridgehead atoms. The summed E-state index contributed by atoms with van der Waals surface area (Å²) in [6, 6.07) is 2.08. The van der Waals surface area contributed by atoms with Crippen LogP contribution in [0.15, 0.2) is 57.4 Å². The molecule has 2 amide bonds. The van der Waals surface area contributed by atoms with Crippen LogP contribution in [0.3, 0.4) is 0 Å². The Balaban J connectivity index is 1.50. The number of carbonyl (C=O) groups is 2. The number of anilines is 2. The van der Waals surface area contributed by atoms with E-state index in [9.17, 15) is 27.6 Å². The van der Waals surface area contributed by atoms with Gasteiger partial charge in [-0.2, -0.15) is 28.0 Å². The number of alkyl halides is 3. The Kier molecular flexibility index (Phi) is 11.0. The average molecular weight is 705 g/mol. The molecule has 14 nitrogen and oxygen atoms in total. The number of ether oxygens (including phenoxy) is 1. The zero-order valence-corrected chi connectivity index (χ0v) is 27.7. The van der Waals surface area contributed by atoms with Gasteiger partial charge in [-0.1, -0.05) is 24.6 Å². The van der Waals surface area contributed by atoms with Gasteiger partial charge < -0.3 is 24.4 Å². The first kappa shape index (κ1) is 35.5. The van der Waals surface area contributed by atoms with Crippen molar-refractivity contribution in [3.05, 3.63) is 74.8 Å². The lowest BCUT2D eigenvalue weighted by Crippen LogP contribution is -2.53. The summed E-state index contributed by atoms with van der Waals surface area (Å²) >= 11 is 6.12. The third-order valence-electron chi connectivity index (χ3n) is 8.35. The standard InChI is InChI=1S/C31H36ClF3N10O4/c1-4-25-27(41-9-11-42(12-10-41)28(47)20(2)44-19-37-18-39-44)29(48)45(36-3)30(38-16-21-7-13-49-14-8-21)43(25)17-26(46)40-24-6-5-22(15-23(24)32)31(33,34)35/h5-7,15,18-20H,3-4,8-14,16-17H2,1-2H3,(H,40,46). The van der Waals surface area contributed by atoms with Gasteiger partial charge in [0.2, 0.25) is 17.4 Å². The van der Waals surface area contributed by atoms with Crippen LogP contribution < -0.4 is 21.4 Å². The van der Waals surface area contributed by atoms with Gasteiger partial charge in [0.1, 0.15) is 30.9 Å². The molecule has 0 aliphatic carbocycles. The number of hydrogen-bond acceptors (Lipinski definition) is 9. The fourth-order valence-electron chi connectivity index (χ4n) is 5.75. The number of rotatable bonds is 10. The highest BCUT2D eigenvalue weighted by atomic mass is 35.5. The van der Waals surface area contributed by atoms with Crippen LogP contribution in [0.2, 0.25) is 5.02 Å². The molecular formula is C31H36ClF3N10O4. The number of amides is 2. The summed E-state index contributed by atoms with van der Waals surface area (Å²) in [5, 5.41) is 10.3. The highest BCUT2D eigenvalue weighted by Gasteiger charge is 2.32. The molecule has 4 heterocycles. The summed E-state index contributed by atoms with van der Waals surface area (Å²) in [5.41, 5.74) is 0.335. The molecule has 1 aromatic carbocycles. The van der Waals surface area contributed by atoms with Crippen molar-refractivity contribution in [1.82, 2.24) is 28.9 Å². The number of aromatic nitrogens is 5. The molecule has 18 heteroatoms. The predicted octanol–water partition coefficient (Wildman–Crippen LogP) is 2.74. The summed E-state index contributed by atoms with van der Waals surface area (Å²) in [6.07, 6.45) is 1.07. The smallest absolute Gasteiger partial charge is 0.377 e. The number of nitrogens with one attached hydrogen (secondary N) is 1. The van der Waals surface area contributed by atoms with E-state index in [0.29, 0.717) is 57.9 Å². The lowest BCUT2D eigenvalue weighted by Gasteiger charge is -2.37. The van der Waals surface area contributed by atoms with Gasteiger partial charge in [0.15, 0.2) is 0 Å². The molecule has 262 valence electrons. The van der Waals surface area contributed by atoms with E-state index < -0.39 is 29.2 Å². The first-order chi connectivity index (χ1) is 23.4. The predicted molar refractivity (Wildman–Crippen MR) is 176 cm³/mol. The van der Waals surface area contributed by atoms with Gasteiger partial charge in [-0.15, -0.1) is 0 Å². The normalized spacial score (nSPS) is 16.4. The maximum atomic E-state index is 14.1. The Labute approximate surface area is 284 Å². The molecule has 0 radical (unpaired) electrons. The Bertz CT molecular complexity index is 1860. The van der Waals surface area contributed by atoms with Gasteiger partial charge in [0, 0.05) is 32.9 Å². The van der Waals surface area contributed by atoms with Gasteiger partial charge in [0.25, 0.3) is 5.56 Å². The molecule has 0 spiro atoms. The lowest BCUT2D eigenvalue weighted by atomic mass is 10.1. The number of nitrogens with zero attached hydrogens (tertiary/aromatic N) is 9. The largest absolute Gasteiger partial charge is 0.416 e. The van der Waals surface area contributed by atoms with Crippen LogP contribution in [0.5, 0.6) is 0 Å². The van der Waals surface area contributed by atoms with Crippen molar-refractivity contribution in [2.45, 2.75) is 45.5 Å². The Morgan fingerprint density at radius 3 is 2.55 bits per heavy atom. The van der Waals surface area contributed by atoms with Crippen molar-refractivity contribution >= 4 is 41.5 Å². The minimum Gasteiger partial charge on any atom is -0.377 e. The molecule has 1 unspecified atom stereocenters. The van der Waals surface area contributed by atoms with Gasteiger partial charge in [-0.3, -0.25) is 14.4 Å². The molecule has 1 fully saturated rings. The number of benzene rings is 1. The van der Waals surface area contributed by atoms with Gasteiger partial charge in [-0.05, 0) is 43.5 Å². The third kappa shape index (κ3) is 7.94. The zero-order chi connectivity index (χ0) is 35.3. The fourth-order valence-corrected chi connectivity index (χ4v) is 5.98. The third-order valence-corrected chi connectivity index (χ3v) is 8.67. The van der Waals surface area contributed by atoms with Crippen molar-refractivity contribution in [3.63, 3.8) is 0 Å². The van der Waals surface area contributed by atoms with Gasteiger partial charge in [-0.25, -0.2) is 14.7 Å². The first-order valence-corrected chi connectivity index (χ1v) is 16.0. The minimum absolute atomic E-state index is 0.0135. The molecular weight excluding hydrogens is 669 g/mol. The maximum absolute atomic E-state index is 14.1. The molecule has 49 heavy (non-hydrogen) atoms. The molecule has 1 saturated heterocycles. The van der Waals surface area contributed by atoms with Crippen molar-refractivity contribution in [2.75, 3.05) is 56.2 Å². The second kappa shape index (κ2) is 15.2. The molecule has 2 aliphatic heterocycles. The number of piperazine rings is 1. The second-order valence-corrected chi connectivity index (χ2v) is 11.8. The van der Waals surface area contributed by atoms with Gasteiger partial charge >= 0.3 is 6.18 Å². The topological polar surface area (TPSA) is 144 Å². The Hall–Kier alpha value is -4.77. The summed E-state index contributed by atoms with van der Waals surface area (Å²) in [5.74, 6) is -0.767. The monoisotopic (exact) mass is 704 g/mol. The van der Waals surface area contributed by atoms with Crippen LogP contribution in [0, 0.1) is 0 Å². The van der Waals surface area contributed by atoms with E-state index in [1.165, 1.54) is 17.3 Å². The van der Waals surface area contributed by atoms with E-state index in [1.54, 1.807) is 16.4 Å². The second-order valence-electron chi connectivity index (χ2n) is 11.4. The molecule has 2 aliphatic rings. The average Bonchev–Trinajstić information content (AvgIpc) is 3.63. The number of halogens is 4. The van der Waals surface area contributed by atoms with Crippen LogP contribution in [-0.2, 0) is 33.5 Å². The zero-order valence-electron chi connectivity index (χ0n) is 27.0. The van der Waals surface area contributed by atoms with Crippen LogP contribution in [0.4, 0.5) is 24.5 Å². The van der Waals surface area contributed by atoms with Crippen LogP contribution in [-0.4, -0.2) is 93.4 Å². The van der Waals surface area contributed by atoms with Crippen LogP contribution in [0.25, 0.3) is 0 Å². The van der Waals surface area contributed by atoms with E-state index in [0.717, 1.165) is 28.4 Å². The SMILES string of the molecule is C=Nn1c(=O)c(N2CCN(C(=O)C(C)n3cncn3)CC2)c(CC)n(CC(=O)Nc2ccc(C(F)(F)F)cc2Cl)c1=NCC1=CCOCC1. The summed E-state index contributed by atoms with van der Waals surface area (Å²) in [6.45, 7) is 9.21. The first-order valence-electron chi connectivity index (χ1n) is 15.6. The van der Waals surface area contributed by atoms with E-state index in [1.807, 2.05) is 17.9 Å². The molecule has 1 N–H and O–H groups in total. The lowest BCUT2D eigenvalue weighted by molar-refractivity contribution is -0.137. The van der Waals surface area contributed by atoms with Crippen molar-refractivity contribution in [1.29, 1.82) is 0 Å². The summed E-state index contributed by atoms with van der Waals surface area (Å²) < 4.78 is 49.0. The quantitative estimate of drug-likeness (QED) is 0.253. The van der Waals surface area contributed by atoms with Crippen molar-refractivity contribution in [2.24, 2.45) is 10.1 Å². The maximum Gasteiger partial charge on any atom is 0.416 e. The summed E-state index contributed by atoms with van der Waals surface area (Å²) in [4.78, 5) is 52.9. The number of carbonyl (C=O) groups excluding carboxylic acids is 2. The molecule has 5 rings (SSSR count). The Morgan fingerprint density at radius 2 is 1.96 bits per heavy atom. The van der Waals surface area contributed by atoms with Gasteiger partial charge in [0.05, 0.1) is 41.7 Å². The van der Waals surface area contributed by atoms with E-state index in [4.69, 9.17) is 21.3 Å². The van der Waals surface area contributed by atoms with E-state index in [-0.39, 0.29) is 41.0 Å². The minimum atomic E-state index is -4.61. The van der Waals surface area contributed by atoms with Crippen LogP contribution >= 0.6 is 11.6 Å². The molecule has 1 atom stereocenters. The van der Waals surface area contributed by atoms with Crippen LogP contribution in [0.1, 0.15) is 37.6 Å². The highest BCUT2D eigenvalue weighted by molar-refractivity contribution is 6.33. The van der Waals surface area contributed by atoms with E-state index >= 15 is 0 Å². The molecule has 0 saturated carbocycles.